The van der Waals surface area contributed by atoms with E-state index in [4.69, 9.17) is 16.3 Å². The van der Waals surface area contributed by atoms with Crippen molar-refractivity contribution in [3.63, 3.8) is 0 Å². The van der Waals surface area contributed by atoms with E-state index in [0.717, 1.165) is 25.3 Å². The molecule has 0 aliphatic heterocycles. The molecule has 0 saturated heterocycles. The number of carbonyl (C=O) groups excluding carboxylic acids is 1. The van der Waals surface area contributed by atoms with Gasteiger partial charge in [0.15, 0.2) is 0 Å². The highest BCUT2D eigenvalue weighted by molar-refractivity contribution is 6.33. The van der Waals surface area contributed by atoms with Gasteiger partial charge in [0.2, 0.25) is 0 Å². The van der Waals surface area contributed by atoms with Crippen LogP contribution in [0.15, 0.2) is 18.2 Å². The molecule has 0 aromatic heterocycles. The van der Waals surface area contributed by atoms with Crippen molar-refractivity contribution < 1.29 is 14.5 Å². The van der Waals surface area contributed by atoms with Crippen molar-refractivity contribution in [1.82, 2.24) is 0 Å². The van der Waals surface area contributed by atoms with E-state index in [1.165, 1.54) is 12.1 Å². The topological polar surface area (TPSA) is 69.4 Å². The van der Waals surface area contributed by atoms with Crippen LogP contribution in [0.3, 0.4) is 0 Å². The number of ether oxygens (including phenoxy) is 1. The van der Waals surface area contributed by atoms with Crippen LogP contribution in [0.5, 0.6) is 0 Å². The molecule has 0 saturated carbocycles. The molecule has 18 heavy (non-hydrogen) atoms. The number of unbranched alkanes of at least 4 members (excludes halogenated alkanes) is 2. The lowest BCUT2D eigenvalue weighted by Crippen LogP contribution is -2.07. The largest absolute Gasteiger partial charge is 0.462 e. The van der Waals surface area contributed by atoms with Crippen molar-refractivity contribution in [1.29, 1.82) is 0 Å². The second kappa shape index (κ2) is 6.96. The molecule has 0 spiro atoms. The molecule has 0 aliphatic carbocycles. The van der Waals surface area contributed by atoms with Gasteiger partial charge in [-0.2, -0.15) is 0 Å². The zero-order valence-corrected chi connectivity index (χ0v) is 10.8. The quantitative estimate of drug-likeness (QED) is 0.343. The molecule has 0 radical (unpaired) electrons. The Morgan fingerprint density at radius 1 is 1.44 bits per heavy atom. The molecule has 0 aliphatic rings. The summed E-state index contributed by atoms with van der Waals surface area (Å²) < 4.78 is 5.00. The summed E-state index contributed by atoms with van der Waals surface area (Å²) in [6.45, 7) is 2.34. The minimum Gasteiger partial charge on any atom is -0.462 e. The highest BCUT2D eigenvalue weighted by Crippen LogP contribution is 2.22. The molecule has 0 fully saturated rings. The van der Waals surface area contributed by atoms with Crippen LogP contribution in [0.25, 0.3) is 0 Å². The average molecular weight is 272 g/mol. The van der Waals surface area contributed by atoms with E-state index in [2.05, 4.69) is 0 Å². The first-order valence-electron chi connectivity index (χ1n) is 5.67. The Hall–Kier alpha value is -1.62. The lowest BCUT2D eigenvalue weighted by molar-refractivity contribution is -0.384. The fourth-order valence-corrected chi connectivity index (χ4v) is 1.57. The number of benzene rings is 1. The average Bonchev–Trinajstić information content (AvgIpc) is 2.34. The summed E-state index contributed by atoms with van der Waals surface area (Å²) in [5, 5.41) is 10.8. The number of halogens is 1. The van der Waals surface area contributed by atoms with Crippen molar-refractivity contribution >= 4 is 23.3 Å². The maximum absolute atomic E-state index is 11.7. The van der Waals surface area contributed by atoms with Crippen LogP contribution < -0.4 is 0 Å². The van der Waals surface area contributed by atoms with Crippen molar-refractivity contribution in [3.8, 4) is 0 Å². The molecule has 1 rings (SSSR count). The third-order valence-corrected chi connectivity index (χ3v) is 2.69. The van der Waals surface area contributed by atoms with E-state index in [1.807, 2.05) is 6.92 Å². The van der Waals surface area contributed by atoms with Gasteiger partial charge in [0.25, 0.3) is 5.69 Å². The Morgan fingerprint density at radius 3 is 2.78 bits per heavy atom. The SMILES string of the molecule is CCCCCOC(=O)c1cc([N+](=O)[O-])ccc1Cl. The highest BCUT2D eigenvalue weighted by atomic mass is 35.5. The Labute approximate surface area is 110 Å². The Morgan fingerprint density at radius 2 is 2.17 bits per heavy atom. The number of rotatable bonds is 6. The van der Waals surface area contributed by atoms with E-state index in [1.54, 1.807) is 0 Å². The van der Waals surface area contributed by atoms with Crippen molar-refractivity contribution in [2.24, 2.45) is 0 Å². The van der Waals surface area contributed by atoms with Gasteiger partial charge in [-0.15, -0.1) is 0 Å². The molecule has 0 heterocycles. The zero-order valence-electron chi connectivity index (χ0n) is 10.0. The van der Waals surface area contributed by atoms with Crippen LogP contribution >= 0.6 is 11.6 Å². The molecule has 0 amide bonds. The van der Waals surface area contributed by atoms with Crippen LogP contribution in [-0.2, 0) is 4.74 Å². The summed E-state index contributed by atoms with van der Waals surface area (Å²) in [7, 11) is 0. The fraction of sp³-hybridized carbons (Fsp3) is 0.417. The van der Waals surface area contributed by atoms with Gasteiger partial charge in [0, 0.05) is 12.1 Å². The number of nitro groups is 1. The van der Waals surface area contributed by atoms with Gasteiger partial charge in [-0.3, -0.25) is 10.1 Å². The van der Waals surface area contributed by atoms with Crippen LogP contribution in [0.2, 0.25) is 5.02 Å². The number of carbonyl (C=O) groups is 1. The van der Waals surface area contributed by atoms with E-state index in [9.17, 15) is 14.9 Å². The normalized spacial score (nSPS) is 10.1. The Bertz CT molecular complexity index is 448. The first-order chi connectivity index (χ1) is 8.56. The van der Waals surface area contributed by atoms with Gasteiger partial charge in [0.05, 0.1) is 22.1 Å². The summed E-state index contributed by atoms with van der Waals surface area (Å²) in [4.78, 5) is 21.7. The van der Waals surface area contributed by atoms with Crippen LogP contribution in [0, 0.1) is 10.1 Å². The van der Waals surface area contributed by atoms with Gasteiger partial charge in [-0.05, 0) is 12.5 Å². The van der Waals surface area contributed by atoms with E-state index in [-0.39, 0.29) is 16.3 Å². The number of hydrogen-bond acceptors (Lipinski definition) is 4. The summed E-state index contributed by atoms with van der Waals surface area (Å²) in [6.07, 6.45) is 2.76. The molecular formula is C12H14ClNO4. The molecular weight excluding hydrogens is 258 g/mol. The number of hydrogen-bond donors (Lipinski definition) is 0. The van der Waals surface area contributed by atoms with Gasteiger partial charge in [-0.25, -0.2) is 4.79 Å². The first-order valence-corrected chi connectivity index (χ1v) is 6.05. The van der Waals surface area contributed by atoms with Crippen LogP contribution in [0.4, 0.5) is 5.69 Å². The molecule has 0 bridgehead atoms. The molecule has 0 N–H and O–H groups in total. The third-order valence-electron chi connectivity index (χ3n) is 2.36. The fourth-order valence-electron chi connectivity index (χ4n) is 1.38. The summed E-state index contributed by atoms with van der Waals surface area (Å²) >= 11 is 5.81. The number of nitro benzene ring substituents is 1. The monoisotopic (exact) mass is 271 g/mol. The Kier molecular flexibility index (Phi) is 5.58. The summed E-state index contributed by atoms with van der Waals surface area (Å²) in [5.74, 6) is -0.625. The number of nitrogens with zero attached hydrogens (tertiary/aromatic N) is 1. The third kappa shape index (κ3) is 4.00. The molecule has 5 nitrogen and oxygen atoms in total. The molecule has 6 heteroatoms. The lowest BCUT2D eigenvalue weighted by Gasteiger charge is -2.05. The van der Waals surface area contributed by atoms with Crippen molar-refractivity contribution in [2.75, 3.05) is 6.61 Å². The smallest absolute Gasteiger partial charge is 0.339 e. The van der Waals surface area contributed by atoms with Crippen molar-refractivity contribution in [3.05, 3.63) is 38.9 Å². The molecule has 1 aromatic carbocycles. The molecule has 0 atom stereocenters. The zero-order chi connectivity index (χ0) is 13.5. The molecule has 1 aromatic rings. The van der Waals surface area contributed by atoms with E-state index >= 15 is 0 Å². The van der Waals surface area contributed by atoms with Gasteiger partial charge < -0.3 is 4.74 Å². The van der Waals surface area contributed by atoms with Crippen LogP contribution in [-0.4, -0.2) is 17.5 Å². The molecule has 0 unspecified atom stereocenters. The predicted molar refractivity (Wildman–Crippen MR) is 67.9 cm³/mol. The van der Waals surface area contributed by atoms with Gasteiger partial charge >= 0.3 is 5.97 Å². The summed E-state index contributed by atoms with van der Waals surface area (Å²) in [6, 6.07) is 3.70. The number of non-ortho nitro benzene ring substituents is 1. The standard InChI is InChI=1S/C12H14ClNO4/c1-2-3-4-7-18-12(15)10-8-9(14(16)17)5-6-11(10)13/h5-6,8H,2-4,7H2,1H3. The van der Waals surface area contributed by atoms with E-state index in [0.29, 0.717) is 6.61 Å². The number of esters is 1. The van der Waals surface area contributed by atoms with Crippen LogP contribution in [0.1, 0.15) is 36.5 Å². The predicted octanol–water partition coefficient (Wildman–Crippen LogP) is 3.60. The maximum atomic E-state index is 11.7. The van der Waals surface area contributed by atoms with Gasteiger partial charge in [-0.1, -0.05) is 31.4 Å². The summed E-state index contributed by atoms with van der Waals surface area (Å²) in [5.41, 5.74) is -0.151. The molecule has 98 valence electrons. The minimum absolute atomic E-state index is 0.0300. The van der Waals surface area contributed by atoms with Gasteiger partial charge in [0.1, 0.15) is 0 Å². The Balaban J connectivity index is 2.72. The van der Waals surface area contributed by atoms with E-state index < -0.39 is 10.9 Å². The highest BCUT2D eigenvalue weighted by Gasteiger charge is 2.16. The second-order valence-electron chi connectivity index (χ2n) is 3.76. The van der Waals surface area contributed by atoms with Crippen molar-refractivity contribution in [2.45, 2.75) is 26.2 Å². The maximum Gasteiger partial charge on any atom is 0.339 e. The second-order valence-corrected chi connectivity index (χ2v) is 4.17. The first kappa shape index (κ1) is 14.4. The lowest BCUT2D eigenvalue weighted by atomic mass is 10.2. The minimum atomic E-state index is -0.625.